The Balaban J connectivity index is 1.65. The maximum atomic E-state index is 12.6. The summed E-state index contributed by atoms with van der Waals surface area (Å²) >= 11 is 11.7. The van der Waals surface area contributed by atoms with Gasteiger partial charge in [-0.3, -0.25) is 14.5 Å². The molecule has 0 atom stereocenters. The number of carbonyl (C=O) groups is 1. The largest absolute Gasteiger partial charge is 0.358 e. The number of hydrogen-bond donors (Lipinski definition) is 1. The lowest BCUT2D eigenvalue weighted by Crippen LogP contribution is -2.50. The molecule has 1 aliphatic carbocycles. The second-order valence-corrected chi connectivity index (χ2v) is 7.36. The number of hydrogen-bond acceptors (Lipinski definition) is 3. The van der Waals surface area contributed by atoms with Gasteiger partial charge in [0, 0.05) is 37.8 Å². The van der Waals surface area contributed by atoms with Crippen molar-refractivity contribution in [3.05, 3.63) is 22.5 Å². The van der Waals surface area contributed by atoms with Crippen LogP contribution in [0.1, 0.15) is 43.4 Å². The van der Waals surface area contributed by atoms with Gasteiger partial charge in [0.05, 0.1) is 5.69 Å². The highest BCUT2D eigenvalue weighted by Crippen LogP contribution is 2.21. The molecule has 1 N–H and O–H groups in total. The smallest absolute Gasteiger partial charge is 0.265 e. The van der Waals surface area contributed by atoms with Crippen molar-refractivity contribution in [3.63, 3.8) is 0 Å². The molecule has 25 heavy (non-hydrogen) atoms. The Hall–Kier alpha value is -1.60. The number of carbonyl (C=O) groups excluding carboxylic acids is 1. The maximum absolute atomic E-state index is 12.6. The van der Waals surface area contributed by atoms with E-state index in [-0.39, 0.29) is 5.91 Å². The molecule has 1 amide bonds. The van der Waals surface area contributed by atoms with Crippen LogP contribution in [0.2, 0.25) is 5.15 Å². The maximum Gasteiger partial charge on any atom is 0.265 e. The Morgan fingerprint density at radius 1 is 1.28 bits per heavy atom. The van der Waals surface area contributed by atoms with E-state index in [1.807, 2.05) is 11.9 Å². The van der Waals surface area contributed by atoms with Crippen LogP contribution in [0.15, 0.2) is 6.08 Å². The molecule has 0 spiro atoms. The van der Waals surface area contributed by atoms with E-state index >= 15 is 0 Å². The minimum absolute atomic E-state index is 0.0904. The van der Waals surface area contributed by atoms with Gasteiger partial charge < -0.3 is 5.32 Å². The molecule has 0 aromatic carbocycles. The average molecular weight is 382 g/mol. The minimum Gasteiger partial charge on any atom is -0.358 e. The third-order valence-electron chi connectivity index (χ3n) is 4.79. The summed E-state index contributed by atoms with van der Waals surface area (Å²) in [4.78, 5) is 12.6. The summed E-state index contributed by atoms with van der Waals surface area (Å²) in [5.74, 6) is -0.0904. The second kappa shape index (κ2) is 7.74. The number of hydrazine groups is 1. The van der Waals surface area contributed by atoms with E-state index in [2.05, 4.69) is 10.4 Å². The van der Waals surface area contributed by atoms with Gasteiger partial charge in [-0.1, -0.05) is 24.4 Å². The summed E-state index contributed by atoms with van der Waals surface area (Å²) in [6, 6.07) is 0.442. The van der Waals surface area contributed by atoms with Crippen LogP contribution in [-0.4, -0.2) is 49.9 Å². The molecule has 1 aromatic heterocycles. The van der Waals surface area contributed by atoms with Crippen LogP contribution in [0, 0.1) is 6.92 Å². The number of aryl methyl sites for hydroxylation is 2. The molecule has 3 rings (SSSR count). The van der Waals surface area contributed by atoms with Gasteiger partial charge in [-0.05, 0) is 44.5 Å². The first-order valence-corrected chi connectivity index (χ1v) is 9.52. The van der Waals surface area contributed by atoms with Crippen molar-refractivity contribution in [2.45, 2.75) is 45.1 Å². The molecule has 2 aliphatic rings. The number of halogens is 1. The lowest BCUT2D eigenvalue weighted by atomic mass is 10.2. The van der Waals surface area contributed by atoms with Gasteiger partial charge >= 0.3 is 0 Å². The number of thiocarbonyl (C=S) groups is 1. The van der Waals surface area contributed by atoms with Crippen molar-refractivity contribution in [1.29, 1.82) is 0 Å². The molecule has 8 heteroatoms. The summed E-state index contributed by atoms with van der Waals surface area (Å²) in [5.41, 5.74) is 1.57. The number of nitrogens with zero attached hydrogens (tertiary/aromatic N) is 4. The van der Waals surface area contributed by atoms with Gasteiger partial charge in [0.15, 0.2) is 5.11 Å². The van der Waals surface area contributed by atoms with Crippen LogP contribution in [0.3, 0.4) is 0 Å². The van der Waals surface area contributed by atoms with Crippen LogP contribution in [0.25, 0.3) is 6.08 Å². The summed E-state index contributed by atoms with van der Waals surface area (Å²) in [7, 11) is 1.78. The Labute approximate surface area is 158 Å². The highest BCUT2D eigenvalue weighted by Gasteiger charge is 2.29. The molecule has 2 fully saturated rings. The molecule has 0 bridgehead atoms. The molecular weight excluding hydrogens is 358 g/mol. The van der Waals surface area contributed by atoms with Crippen molar-refractivity contribution < 1.29 is 4.79 Å². The number of nitrogens with one attached hydrogen (secondary N) is 1. The van der Waals surface area contributed by atoms with Gasteiger partial charge in [0.25, 0.3) is 5.91 Å². The Bertz CT molecular complexity index is 695. The predicted molar refractivity (Wildman–Crippen MR) is 103 cm³/mol. The molecule has 0 unspecified atom stereocenters. The topological polar surface area (TPSA) is 53.4 Å². The summed E-state index contributed by atoms with van der Waals surface area (Å²) < 4.78 is 1.60. The molecule has 1 aliphatic heterocycles. The number of rotatable bonds is 3. The second-order valence-electron chi connectivity index (χ2n) is 6.62. The Kier molecular flexibility index (Phi) is 5.64. The molecule has 136 valence electrons. The van der Waals surface area contributed by atoms with Crippen LogP contribution >= 0.6 is 23.8 Å². The van der Waals surface area contributed by atoms with E-state index in [0.717, 1.165) is 37.1 Å². The highest BCUT2D eigenvalue weighted by molar-refractivity contribution is 7.80. The standard InChI is InChI=1S/C17H24ClN5OS/c1-12-14(16(18)21(2)20-12)8-9-15(24)22-10-5-11-23(22)17(25)19-13-6-3-4-7-13/h8-9,13H,3-7,10-11H2,1-2H3,(H,19,25)/b9-8+. The zero-order valence-corrected chi connectivity index (χ0v) is 16.2. The SMILES string of the molecule is Cc1nn(C)c(Cl)c1/C=C/C(=O)N1CCCN1C(=S)NC1CCCC1. The van der Waals surface area contributed by atoms with Crippen LogP contribution in [0.4, 0.5) is 0 Å². The first-order valence-electron chi connectivity index (χ1n) is 8.74. The van der Waals surface area contributed by atoms with Crippen molar-refractivity contribution in [1.82, 2.24) is 25.1 Å². The third kappa shape index (κ3) is 3.98. The predicted octanol–water partition coefficient (Wildman–Crippen LogP) is 2.66. The Morgan fingerprint density at radius 3 is 2.60 bits per heavy atom. The Morgan fingerprint density at radius 2 is 1.96 bits per heavy atom. The van der Waals surface area contributed by atoms with Crippen molar-refractivity contribution in [2.24, 2.45) is 7.05 Å². The summed E-state index contributed by atoms with van der Waals surface area (Å²) in [5, 5.41) is 12.4. The summed E-state index contributed by atoms with van der Waals surface area (Å²) in [6.07, 6.45) is 9.00. The van der Waals surface area contributed by atoms with Gasteiger partial charge in [0.2, 0.25) is 0 Å². The van der Waals surface area contributed by atoms with Gasteiger partial charge in [-0.2, -0.15) is 5.10 Å². The van der Waals surface area contributed by atoms with E-state index in [0.29, 0.717) is 22.9 Å². The zero-order chi connectivity index (χ0) is 18.0. The normalized spacial score (nSPS) is 18.5. The first-order chi connectivity index (χ1) is 12.0. The molecule has 0 radical (unpaired) electrons. The van der Waals surface area contributed by atoms with Crippen molar-refractivity contribution >= 4 is 40.9 Å². The van der Waals surface area contributed by atoms with Gasteiger partial charge in [-0.25, -0.2) is 5.01 Å². The van der Waals surface area contributed by atoms with Crippen molar-refractivity contribution in [3.8, 4) is 0 Å². The quantitative estimate of drug-likeness (QED) is 0.644. The van der Waals surface area contributed by atoms with E-state index in [9.17, 15) is 4.79 Å². The van der Waals surface area contributed by atoms with E-state index in [4.69, 9.17) is 23.8 Å². The molecule has 1 saturated carbocycles. The van der Waals surface area contributed by atoms with Crippen LogP contribution in [0.5, 0.6) is 0 Å². The fraction of sp³-hybridized carbons (Fsp3) is 0.588. The molecular formula is C17H24ClN5OS. The third-order valence-corrected chi connectivity index (χ3v) is 5.57. The fourth-order valence-corrected chi connectivity index (χ4v) is 4.04. The number of aromatic nitrogens is 2. The monoisotopic (exact) mass is 381 g/mol. The molecule has 1 aromatic rings. The lowest BCUT2D eigenvalue weighted by Gasteiger charge is -2.30. The van der Waals surface area contributed by atoms with Gasteiger partial charge in [0.1, 0.15) is 5.15 Å². The molecule has 1 saturated heterocycles. The number of amides is 1. The lowest BCUT2D eigenvalue weighted by molar-refractivity contribution is -0.133. The minimum atomic E-state index is -0.0904. The van der Waals surface area contributed by atoms with E-state index in [1.165, 1.54) is 12.8 Å². The molecule has 6 nitrogen and oxygen atoms in total. The average Bonchev–Trinajstić information content (AvgIpc) is 3.29. The van der Waals surface area contributed by atoms with Gasteiger partial charge in [-0.15, -0.1) is 0 Å². The van der Waals surface area contributed by atoms with Crippen molar-refractivity contribution in [2.75, 3.05) is 13.1 Å². The highest BCUT2D eigenvalue weighted by atomic mass is 35.5. The van der Waals surface area contributed by atoms with E-state index in [1.54, 1.807) is 28.9 Å². The van der Waals surface area contributed by atoms with Crippen LogP contribution in [-0.2, 0) is 11.8 Å². The fourth-order valence-electron chi connectivity index (χ4n) is 3.45. The zero-order valence-electron chi connectivity index (χ0n) is 14.7. The van der Waals surface area contributed by atoms with Crippen LogP contribution < -0.4 is 5.32 Å². The van der Waals surface area contributed by atoms with E-state index < -0.39 is 0 Å². The molecule has 2 heterocycles. The summed E-state index contributed by atoms with van der Waals surface area (Å²) in [6.45, 7) is 3.32. The first kappa shape index (κ1) is 18.2.